The van der Waals surface area contributed by atoms with Crippen molar-refractivity contribution in [3.8, 4) is 0 Å². The molecule has 0 rings (SSSR count). The SMILES string of the molecule is CCCCN(C)C(=O)C(C)(C)C(=O)O. The maximum atomic E-state index is 11.7. The van der Waals surface area contributed by atoms with Crippen molar-refractivity contribution in [3.63, 3.8) is 0 Å². The fourth-order valence-electron chi connectivity index (χ4n) is 1.07. The molecule has 4 nitrogen and oxygen atoms in total. The Morgan fingerprint density at radius 3 is 2.21 bits per heavy atom. The van der Waals surface area contributed by atoms with Crippen molar-refractivity contribution in [3.05, 3.63) is 0 Å². The van der Waals surface area contributed by atoms with E-state index in [4.69, 9.17) is 5.11 Å². The molecule has 0 aromatic heterocycles. The van der Waals surface area contributed by atoms with Gasteiger partial charge in [0.15, 0.2) is 0 Å². The molecule has 14 heavy (non-hydrogen) atoms. The molecular weight excluding hydrogens is 182 g/mol. The minimum atomic E-state index is -1.32. The Morgan fingerprint density at radius 1 is 1.36 bits per heavy atom. The van der Waals surface area contributed by atoms with Crippen molar-refractivity contribution in [2.75, 3.05) is 13.6 Å². The van der Waals surface area contributed by atoms with Gasteiger partial charge in [-0.2, -0.15) is 0 Å². The Morgan fingerprint density at radius 2 is 1.86 bits per heavy atom. The van der Waals surface area contributed by atoms with Crippen molar-refractivity contribution < 1.29 is 14.7 Å². The summed E-state index contributed by atoms with van der Waals surface area (Å²) in [7, 11) is 1.64. The zero-order chi connectivity index (χ0) is 11.4. The Bertz CT molecular complexity index is 223. The molecule has 1 N–H and O–H groups in total. The van der Waals surface area contributed by atoms with Crippen molar-refractivity contribution >= 4 is 11.9 Å². The largest absolute Gasteiger partial charge is 0.480 e. The summed E-state index contributed by atoms with van der Waals surface area (Å²) in [5.41, 5.74) is -1.32. The minimum absolute atomic E-state index is 0.335. The van der Waals surface area contributed by atoms with Crippen LogP contribution in [0.25, 0.3) is 0 Å². The van der Waals surface area contributed by atoms with Crippen LogP contribution in [0.4, 0.5) is 0 Å². The van der Waals surface area contributed by atoms with E-state index >= 15 is 0 Å². The lowest BCUT2D eigenvalue weighted by Crippen LogP contribution is -2.43. The zero-order valence-electron chi connectivity index (χ0n) is 9.33. The van der Waals surface area contributed by atoms with Crippen LogP contribution in [0.1, 0.15) is 33.6 Å². The van der Waals surface area contributed by atoms with E-state index < -0.39 is 11.4 Å². The minimum Gasteiger partial charge on any atom is -0.480 e. The summed E-state index contributed by atoms with van der Waals surface area (Å²) in [6.07, 6.45) is 1.89. The molecule has 1 amide bonds. The van der Waals surface area contributed by atoms with Crippen LogP contribution < -0.4 is 0 Å². The van der Waals surface area contributed by atoms with Crippen molar-refractivity contribution in [2.24, 2.45) is 5.41 Å². The molecule has 0 heterocycles. The summed E-state index contributed by atoms with van der Waals surface area (Å²) in [4.78, 5) is 23.9. The number of rotatable bonds is 5. The first-order chi connectivity index (χ1) is 6.34. The van der Waals surface area contributed by atoms with Gasteiger partial charge in [0.1, 0.15) is 5.41 Å². The van der Waals surface area contributed by atoms with Crippen LogP contribution in [-0.4, -0.2) is 35.5 Å². The summed E-state index contributed by atoms with van der Waals surface area (Å²) in [5, 5.41) is 8.84. The van der Waals surface area contributed by atoms with Gasteiger partial charge in [-0.3, -0.25) is 9.59 Å². The number of carbonyl (C=O) groups is 2. The molecule has 0 aromatic carbocycles. The Hall–Kier alpha value is -1.06. The molecule has 0 saturated carbocycles. The topological polar surface area (TPSA) is 57.6 Å². The Labute approximate surface area is 84.9 Å². The van der Waals surface area contributed by atoms with Gasteiger partial charge in [-0.1, -0.05) is 13.3 Å². The molecule has 4 heteroatoms. The van der Waals surface area contributed by atoms with Crippen LogP contribution in [0, 0.1) is 5.41 Å². The predicted molar refractivity (Wildman–Crippen MR) is 54.0 cm³/mol. The lowest BCUT2D eigenvalue weighted by Gasteiger charge is -2.25. The normalized spacial score (nSPS) is 11.1. The van der Waals surface area contributed by atoms with Crippen LogP contribution in [-0.2, 0) is 9.59 Å². The average Bonchev–Trinajstić information content (AvgIpc) is 2.12. The number of hydrogen-bond acceptors (Lipinski definition) is 2. The first-order valence-electron chi connectivity index (χ1n) is 4.83. The second-order valence-corrected chi connectivity index (χ2v) is 4.01. The van der Waals surface area contributed by atoms with E-state index in [0.29, 0.717) is 6.54 Å². The van der Waals surface area contributed by atoms with Gasteiger partial charge in [-0.25, -0.2) is 0 Å². The van der Waals surface area contributed by atoms with E-state index in [1.54, 1.807) is 7.05 Å². The second kappa shape index (κ2) is 4.98. The average molecular weight is 201 g/mol. The highest BCUT2D eigenvalue weighted by molar-refractivity contribution is 6.00. The smallest absolute Gasteiger partial charge is 0.318 e. The van der Waals surface area contributed by atoms with Crippen LogP contribution in [0.5, 0.6) is 0 Å². The van der Waals surface area contributed by atoms with E-state index in [0.717, 1.165) is 12.8 Å². The third-order valence-corrected chi connectivity index (χ3v) is 2.26. The molecule has 0 spiro atoms. The van der Waals surface area contributed by atoms with E-state index in [1.165, 1.54) is 18.7 Å². The van der Waals surface area contributed by atoms with E-state index in [1.807, 2.05) is 6.92 Å². The highest BCUT2D eigenvalue weighted by atomic mass is 16.4. The van der Waals surface area contributed by atoms with E-state index in [-0.39, 0.29) is 5.91 Å². The summed E-state index contributed by atoms with van der Waals surface area (Å²) in [6.45, 7) is 5.51. The van der Waals surface area contributed by atoms with Gasteiger partial charge in [0, 0.05) is 13.6 Å². The van der Waals surface area contributed by atoms with Gasteiger partial charge in [-0.05, 0) is 20.3 Å². The predicted octanol–water partition coefficient (Wildman–Crippen LogP) is 1.36. The summed E-state index contributed by atoms with van der Waals surface area (Å²) >= 11 is 0. The lowest BCUT2D eigenvalue weighted by atomic mass is 9.92. The zero-order valence-corrected chi connectivity index (χ0v) is 9.33. The fraction of sp³-hybridized carbons (Fsp3) is 0.800. The number of carboxylic acid groups (broad SMARTS) is 1. The van der Waals surface area contributed by atoms with Crippen LogP contribution in [0.3, 0.4) is 0 Å². The van der Waals surface area contributed by atoms with Crippen LogP contribution in [0.15, 0.2) is 0 Å². The van der Waals surface area contributed by atoms with Gasteiger partial charge >= 0.3 is 5.97 Å². The molecule has 82 valence electrons. The maximum absolute atomic E-state index is 11.7. The number of unbranched alkanes of at least 4 members (excludes halogenated alkanes) is 1. The molecule has 0 bridgehead atoms. The molecular formula is C10H19NO3. The fourth-order valence-corrected chi connectivity index (χ4v) is 1.07. The molecule has 0 unspecified atom stereocenters. The Balaban J connectivity index is 4.38. The highest BCUT2D eigenvalue weighted by Crippen LogP contribution is 2.18. The summed E-state index contributed by atoms with van der Waals surface area (Å²) in [5.74, 6) is -1.41. The molecule has 0 aliphatic carbocycles. The molecule has 0 radical (unpaired) electrons. The van der Waals surface area contributed by atoms with E-state index in [9.17, 15) is 9.59 Å². The lowest BCUT2D eigenvalue weighted by molar-refractivity contribution is -0.157. The number of hydrogen-bond donors (Lipinski definition) is 1. The first kappa shape index (κ1) is 12.9. The molecule has 0 aliphatic heterocycles. The maximum Gasteiger partial charge on any atom is 0.318 e. The summed E-state index contributed by atoms with van der Waals surface area (Å²) in [6, 6.07) is 0. The number of aliphatic carboxylic acids is 1. The third kappa shape index (κ3) is 3.01. The van der Waals surface area contributed by atoms with Gasteiger partial charge in [0.05, 0.1) is 0 Å². The van der Waals surface area contributed by atoms with Crippen LogP contribution in [0.2, 0.25) is 0 Å². The number of carboxylic acids is 1. The third-order valence-electron chi connectivity index (χ3n) is 2.26. The van der Waals surface area contributed by atoms with Crippen molar-refractivity contribution in [1.82, 2.24) is 4.90 Å². The molecule has 0 atom stereocenters. The molecule has 0 aromatic rings. The Kier molecular flexibility index (Phi) is 4.60. The van der Waals surface area contributed by atoms with Crippen LogP contribution >= 0.6 is 0 Å². The first-order valence-corrected chi connectivity index (χ1v) is 4.83. The van der Waals surface area contributed by atoms with E-state index in [2.05, 4.69) is 0 Å². The van der Waals surface area contributed by atoms with Crippen molar-refractivity contribution in [2.45, 2.75) is 33.6 Å². The molecule has 0 saturated heterocycles. The quantitative estimate of drug-likeness (QED) is 0.683. The standard InChI is InChI=1S/C10H19NO3/c1-5-6-7-11(4)8(12)10(2,3)9(13)14/h5-7H2,1-4H3,(H,13,14). The molecule has 0 fully saturated rings. The highest BCUT2D eigenvalue weighted by Gasteiger charge is 2.37. The van der Waals surface area contributed by atoms with Gasteiger partial charge in [0.25, 0.3) is 0 Å². The number of nitrogens with zero attached hydrogens (tertiary/aromatic N) is 1. The summed E-state index contributed by atoms with van der Waals surface area (Å²) < 4.78 is 0. The number of amides is 1. The van der Waals surface area contributed by atoms with Crippen molar-refractivity contribution in [1.29, 1.82) is 0 Å². The van der Waals surface area contributed by atoms with Gasteiger partial charge < -0.3 is 10.0 Å². The van der Waals surface area contributed by atoms with Gasteiger partial charge in [-0.15, -0.1) is 0 Å². The monoisotopic (exact) mass is 201 g/mol. The van der Waals surface area contributed by atoms with Gasteiger partial charge in [0.2, 0.25) is 5.91 Å². The molecule has 0 aliphatic rings. The second-order valence-electron chi connectivity index (χ2n) is 4.01. The number of carbonyl (C=O) groups excluding carboxylic acids is 1.